The van der Waals surface area contributed by atoms with E-state index >= 15 is 0 Å². The molecule has 2 aromatic rings. The third-order valence-electron chi connectivity index (χ3n) is 8.01. The molecule has 2 fully saturated rings. The topological polar surface area (TPSA) is 87.0 Å². The van der Waals surface area contributed by atoms with E-state index in [0.29, 0.717) is 0 Å². The van der Waals surface area contributed by atoms with Crippen LogP contribution in [0.4, 0.5) is 5.69 Å². The molecule has 3 aliphatic heterocycles. The van der Waals surface area contributed by atoms with Gasteiger partial charge >= 0.3 is 0 Å². The van der Waals surface area contributed by atoms with Gasteiger partial charge in [-0.2, -0.15) is 0 Å². The number of hydrogen-bond donors (Lipinski definition) is 1. The number of nitrogens with zero attached hydrogens (tertiary/aromatic N) is 4. The number of nitrogens with one attached hydrogen (secondary N) is 1. The van der Waals surface area contributed by atoms with Crippen LogP contribution in [0, 0.1) is 0 Å². The molecule has 4 aliphatic rings. The van der Waals surface area contributed by atoms with E-state index < -0.39 is 9.84 Å². The summed E-state index contributed by atoms with van der Waals surface area (Å²) in [5.74, 6) is 1.10. The van der Waals surface area contributed by atoms with Crippen LogP contribution in [0.25, 0.3) is 10.9 Å². The summed E-state index contributed by atoms with van der Waals surface area (Å²) >= 11 is 1.74. The van der Waals surface area contributed by atoms with Crippen molar-refractivity contribution in [1.29, 1.82) is 0 Å². The van der Waals surface area contributed by atoms with Crippen molar-refractivity contribution in [1.82, 2.24) is 14.4 Å². The first-order valence-electron chi connectivity index (χ1n) is 12.7. The van der Waals surface area contributed by atoms with Gasteiger partial charge in [0.15, 0.2) is 9.84 Å². The number of aromatic nitrogens is 1. The number of carbonyl (C=O) groups is 1. The van der Waals surface area contributed by atoms with Crippen LogP contribution in [0.2, 0.25) is 0 Å². The second-order valence-electron chi connectivity index (χ2n) is 10.2. The van der Waals surface area contributed by atoms with Crippen molar-refractivity contribution in [3.05, 3.63) is 30.0 Å². The van der Waals surface area contributed by atoms with Gasteiger partial charge in [-0.05, 0) is 37.8 Å². The van der Waals surface area contributed by atoms with Gasteiger partial charge in [0, 0.05) is 56.8 Å². The second-order valence-corrected chi connectivity index (χ2v) is 13.4. The minimum atomic E-state index is -3.28. The van der Waals surface area contributed by atoms with Crippen LogP contribution in [0.1, 0.15) is 45.7 Å². The van der Waals surface area contributed by atoms with Gasteiger partial charge in [-0.3, -0.25) is 14.7 Å². The molecule has 1 saturated heterocycles. The fourth-order valence-corrected chi connectivity index (χ4v) is 9.25. The molecule has 1 aliphatic carbocycles. The van der Waals surface area contributed by atoms with Gasteiger partial charge in [0.2, 0.25) is 5.91 Å². The Morgan fingerprint density at radius 2 is 2.00 bits per heavy atom. The van der Waals surface area contributed by atoms with E-state index in [1.807, 2.05) is 9.47 Å². The molecule has 1 aromatic carbocycles. The van der Waals surface area contributed by atoms with E-state index in [2.05, 4.69) is 34.5 Å². The van der Waals surface area contributed by atoms with E-state index in [9.17, 15) is 13.2 Å². The van der Waals surface area contributed by atoms with E-state index in [1.54, 1.807) is 18.7 Å². The Labute approximate surface area is 218 Å². The summed E-state index contributed by atoms with van der Waals surface area (Å²) in [6.07, 6.45) is 3.57. The zero-order chi connectivity index (χ0) is 24.2. The molecule has 1 amide bonds. The fraction of sp³-hybridized carbons (Fsp3) is 0.615. The summed E-state index contributed by atoms with van der Waals surface area (Å²) in [5.41, 5.74) is 2.94. The smallest absolute Gasteiger partial charge is 0.219 e. The molecule has 0 spiro atoms. The van der Waals surface area contributed by atoms with Gasteiger partial charge in [-0.15, -0.1) is 11.8 Å². The molecule has 3 unspecified atom stereocenters. The van der Waals surface area contributed by atoms with Crippen molar-refractivity contribution in [3.8, 4) is 0 Å². The highest BCUT2D eigenvalue weighted by Gasteiger charge is 2.40. The number of fused-ring (bicyclic) bond motifs is 1. The minimum Gasteiger partial charge on any atom is -0.379 e. The van der Waals surface area contributed by atoms with Crippen LogP contribution < -0.4 is 5.32 Å². The van der Waals surface area contributed by atoms with E-state index in [4.69, 9.17) is 4.99 Å². The molecule has 0 radical (unpaired) electrons. The molecular weight excluding hydrogens is 494 g/mol. The summed E-state index contributed by atoms with van der Waals surface area (Å²) in [7, 11) is -3.28. The Kier molecular flexibility index (Phi) is 7.13. The molecule has 6 rings (SSSR count). The van der Waals surface area contributed by atoms with Crippen molar-refractivity contribution in [2.75, 3.05) is 43.8 Å². The zero-order valence-electron chi connectivity index (χ0n) is 20.1. The lowest BCUT2D eigenvalue weighted by molar-refractivity contribution is -0.130. The monoisotopic (exact) mass is 531 g/mol. The van der Waals surface area contributed by atoms with Crippen molar-refractivity contribution < 1.29 is 13.2 Å². The molecule has 36 heavy (non-hydrogen) atoms. The first kappa shape index (κ1) is 25.6. The number of para-hydroxylation sites is 1. The lowest BCUT2D eigenvalue weighted by atomic mass is 10.2. The number of thioether (sulfide) groups is 1. The fourth-order valence-electron chi connectivity index (χ4n) is 6.07. The second kappa shape index (κ2) is 10.0. The van der Waals surface area contributed by atoms with Gasteiger partial charge < -0.3 is 14.8 Å². The zero-order valence-corrected chi connectivity index (χ0v) is 21.8. The molecule has 3 atom stereocenters. The van der Waals surface area contributed by atoms with Gasteiger partial charge in [0.1, 0.15) is 10.9 Å². The number of rotatable bonds is 4. The quantitative estimate of drug-likeness (QED) is 0.651. The average molecular weight is 532 g/mol. The highest BCUT2D eigenvalue weighted by molar-refractivity contribution is 8.14. The van der Waals surface area contributed by atoms with Gasteiger partial charge in [-0.1, -0.05) is 19.6 Å². The minimum absolute atomic E-state index is 0. The number of benzene rings is 1. The Bertz CT molecular complexity index is 1280. The normalized spacial score (nSPS) is 27.5. The predicted molar refractivity (Wildman–Crippen MR) is 149 cm³/mol. The Morgan fingerprint density at radius 3 is 2.78 bits per heavy atom. The van der Waals surface area contributed by atoms with Crippen molar-refractivity contribution >= 4 is 49.1 Å². The van der Waals surface area contributed by atoms with Crippen molar-refractivity contribution in [2.24, 2.45) is 4.99 Å². The van der Waals surface area contributed by atoms with E-state index in [1.165, 1.54) is 0 Å². The lowest BCUT2D eigenvalue weighted by Gasteiger charge is -2.34. The molecule has 1 N–H and O–H groups in total. The van der Waals surface area contributed by atoms with Gasteiger partial charge in [0.05, 0.1) is 28.2 Å². The Morgan fingerprint density at radius 1 is 1.19 bits per heavy atom. The highest BCUT2D eigenvalue weighted by atomic mass is 32.2. The Hall–Kier alpha value is -2.04. The van der Waals surface area contributed by atoms with Crippen LogP contribution >= 0.6 is 11.8 Å². The van der Waals surface area contributed by atoms with Gasteiger partial charge in [0.25, 0.3) is 0 Å². The van der Waals surface area contributed by atoms with Crippen LogP contribution in [0.3, 0.4) is 0 Å². The summed E-state index contributed by atoms with van der Waals surface area (Å²) in [5, 5.41) is 5.28. The molecular formula is C26H37N5O3S2. The summed E-state index contributed by atoms with van der Waals surface area (Å²) in [6.45, 7) is 6.05. The summed E-state index contributed by atoms with van der Waals surface area (Å²) in [6, 6.07) is 8.54. The molecule has 196 valence electrons. The first-order chi connectivity index (χ1) is 16.9. The molecule has 0 bridgehead atoms. The number of carbonyl (C=O) groups excluding carboxylic acids is 1. The SMILES string of the molecule is C.CC(=O)N1CCN(CCC2CSC(c3cc4cccc5c4n3CS(=O)(=O)C3CCCC3N5)=N2)CC1. The maximum atomic E-state index is 13.4. The van der Waals surface area contributed by atoms with Crippen LogP contribution in [-0.2, 0) is 20.5 Å². The molecule has 10 heteroatoms. The van der Waals surface area contributed by atoms with Crippen LogP contribution in [-0.4, -0.2) is 89.5 Å². The third-order valence-corrected chi connectivity index (χ3v) is 11.3. The third kappa shape index (κ3) is 4.67. The number of anilines is 1. The highest BCUT2D eigenvalue weighted by Crippen LogP contribution is 2.38. The number of aliphatic imine (C=N–C) groups is 1. The summed E-state index contributed by atoms with van der Waals surface area (Å²) < 4.78 is 28.8. The lowest BCUT2D eigenvalue weighted by Crippen LogP contribution is -2.48. The van der Waals surface area contributed by atoms with E-state index in [0.717, 1.165) is 91.5 Å². The van der Waals surface area contributed by atoms with Crippen LogP contribution in [0.5, 0.6) is 0 Å². The largest absolute Gasteiger partial charge is 0.379 e. The summed E-state index contributed by atoms with van der Waals surface area (Å²) in [4.78, 5) is 21.0. The predicted octanol–water partition coefficient (Wildman–Crippen LogP) is 3.41. The number of hydrogen-bond acceptors (Lipinski definition) is 7. The van der Waals surface area contributed by atoms with Crippen molar-refractivity contribution in [2.45, 2.75) is 63.2 Å². The molecule has 1 saturated carbocycles. The number of piperazine rings is 1. The molecule has 1 aromatic heterocycles. The standard InChI is InChI=1S/C25H33N5O3S2.CH4/c1-17(31)29-12-10-28(11-13-29)9-8-19-15-34-25(26-19)22-14-18-4-2-6-21-24(18)30(22)16-35(32,33)23-7-3-5-20(23)27-21;/h2,4,6,14,19-20,23,27H,3,5,7-13,15-16H2,1H3;1H4. The average Bonchev–Trinajstić information content (AvgIpc) is 3.56. The molecule has 8 nitrogen and oxygen atoms in total. The Balaban J connectivity index is 0.00000267. The van der Waals surface area contributed by atoms with E-state index in [-0.39, 0.29) is 36.5 Å². The first-order valence-corrected chi connectivity index (χ1v) is 15.4. The van der Waals surface area contributed by atoms with Crippen LogP contribution in [0.15, 0.2) is 29.3 Å². The maximum Gasteiger partial charge on any atom is 0.219 e. The van der Waals surface area contributed by atoms with Crippen molar-refractivity contribution in [3.63, 3.8) is 0 Å². The number of sulfone groups is 1. The molecule has 4 heterocycles. The van der Waals surface area contributed by atoms with Gasteiger partial charge in [-0.25, -0.2) is 8.42 Å². The maximum absolute atomic E-state index is 13.4. The number of amides is 1.